The molecular formula is C12H19N3O3. The summed E-state index contributed by atoms with van der Waals surface area (Å²) in [7, 11) is 1.34. The van der Waals surface area contributed by atoms with Gasteiger partial charge in [-0.1, -0.05) is 26.2 Å². The molecule has 0 aliphatic heterocycles. The molecule has 1 aromatic heterocycles. The van der Waals surface area contributed by atoms with Gasteiger partial charge in [0.2, 0.25) is 0 Å². The summed E-state index contributed by atoms with van der Waals surface area (Å²) in [6, 6.07) is 0.699. The topological polar surface area (TPSA) is 73.1 Å². The maximum Gasteiger partial charge on any atom is 0.338 e. The van der Waals surface area contributed by atoms with Crippen LogP contribution in [0.5, 0.6) is 0 Å². The number of carbonyl (C=O) groups is 1. The first-order valence-corrected chi connectivity index (χ1v) is 6.14. The molecule has 1 amide bonds. The van der Waals surface area contributed by atoms with E-state index in [0.717, 1.165) is 34.8 Å². The van der Waals surface area contributed by atoms with Gasteiger partial charge in [-0.2, -0.15) is 0 Å². The van der Waals surface area contributed by atoms with E-state index in [1.807, 2.05) is 0 Å². The molecule has 0 atom stereocenters. The zero-order chi connectivity index (χ0) is 13.5. The Morgan fingerprint density at radius 3 is 2.67 bits per heavy atom. The van der Waals surface area contributed by atoms with Crippen LogP contribution in [0.1, 0.15) is 32.6 Å². The van der Waals surface area contributed by atoms with Gasteiger partial charge in [-0.05, 0) is 6.42 Å². The van der Waals surface area contributed by atoms with Gasteiger partial charge in [-0.25, -0.2) is 14.2 Å². The van der Waals surface area contributed by atoms with E-state index in [4.69, 9.17) is 0 Å². The van der Waals surface area contributed by atoms with Crippen molar-refractivity contribution in [1.29, 1.82) is 0 Å². The molecule has 1 aromatic rings. The molecule has 0 saturated heterocycles. The third-order valence-electron chi connectivity index (χ3n) is 2.72. The normalized spacial score (nSPS) is 10.3. The van der Waals surface area contributed by atoms with E-state index in [1.165, 1.54) is 19.3 Å². The second-order valence-electron chi connectivity index (χ2n) is 4.16. The molecule has 0 radical (unpaired) electrons. The average molecular weight is 253 g/mol. The summed E-state index contributed by atoms with van der Waals surface area (Å²) in [6.07, 6.45) is 5.41. The molecule has 18 heavy (non-hydrogen) atoms. The molecule has 1 N–H and O–H groups in total. The van der Waals surface area contributed by atoms with Gasteiger partial charge in [0, 0.05) is 25.9 Å². The van der Waals surface area contributed by atoms with E-state index in [9.17, 15) is 14.4 Å². The van der Waals surface area contributed by atoms with Crippen molar-refractivity contribution in [2.75, 3.05) is 6.54 Å². The van der Waals surface area contributed by atoms with Crippen LogP contribution in [0.15, 0.2) is 21.9 Å². The summed E-state index contributed by atoms with van der Waals surface area (Å²) >= 11 is 0. The van der Waals surface area contributed by atoms with Crippen LogP contribution in [-0.4, -0.2) is 21.7 Å². The van der Waals surface area contributed by atoms with Gasteiger partial charge in [-0.15, -0.1) is 0 Å². The first-order chi connectivity index (χ1) is 8.57. The maximum absolute atomic E-state index is 11.7. The quantitative estimate of drug-likeness (QED) is 0.784. The van der Waals surface area contributed by atoms with E-state index in [-0.39, 0.29) is 0 Å². The van der Waals surface area contributed by atoms with Crippen LogP contribution < -0.4 is 16.6 Å². The SMILES string of the molecule is CCCCCCNC(=O)n1ccc(=O)n(C)c1=O. The molecule has 6 heteroatoms. The van der Waals surface area contributed by atoms with Crippen molar-refractivity contribution in [3.63, 3.8) is 0 Å². The number of amides is 1. The van der Waals surface area contributed by atoms with Gasteiger partial charge in [0.05, 0.1) is 0 Å². The Morgan fingerprint density at radius 2 is 2.00 bits per heavy atom. The Balaban J connectivity index is 2.60. The van der Waals surface area contributed by atoms with Crippen molar-refractivity contribution >= 4 is 6.03 Å². The fourth-order valence-electron chi connectivity index (χ4n) is 1.56. The van der Waals surface area contributed by atoms with Gasteiger partial charge in [0.15, 0.2) is 0 Å². The van der Waals surface area contributed by atoms with Crippen molar-refractivity contribution < 1.29 is 4.79 Å². The number of rotatable bonds is 5. The number of carbonyl (C=O) groups excluding carboxylic acids is 1. The smallest absolute Gasteiger partial charge is 0.337 e. The van der Waals surface area contributed by atoms with Crippen molar-refractivity contribution in [3.8, 4) is 0 Å². The van der Waals surface area contributed by atoms with Crippen LogP contribution in [-0.2, 0) is 7.05 Å². The molecule has 100 valence electrons. The second kappa shape index (κ2) is 6.78. The van der Waals surface area contributed by atoms with Crippen LogP contribution >= 0.6 is 0 Å². The molecule has 0 aliphatic rings. The molecular weight excluding hydrogens is 234 g/mol. The number of unbranched alkanes of at least 4 members (excludes halogenated alkanes) is 3. The fourth-order valence-corrected chi connectivity index (χ4v) is 1.56. The zero-order valence-electron chi connectivity index (χ0n) is 10.8. The first-order valence-electron chi connectivity index (χ1n) is 6.14. The summed E-state index contributed by atoms with van der Waals surface area (Å²) in [5.41, 5.74) is -1.06. The van der Waals surface area contributed by atoms with E-state index in [2.05, 4.69) is 12.2 Å². The molecule has 0 aliphatic carbocycles. The molecule has 0 saturated carbocycles. The van der Waals surface area contributed by atoms with Crippen molar-refractivity contribution in [1.82, 2.24) is 14.5 Å². The standard InChI is InChI=1S/C12H19N3O3/c1-3-4-5-6-8-13-11(17)15-9-7-10(16)14(2)12(15)18/h7,9H,3-6,8H2,1-2H3,(H,13,17). The summed E-state index contributed by atoms with van der Waals surface area (Å²) in [5, 5.41) is 2.65. The Labute approximate surface area is 105 Å². The minimum absolute atomic E-state index is 0.424. The van der Waals surface area contributed by atoms with Crippen molar-refractivity contribution in [3.05, 3.63) is 33.1 Å². The Kier molecular flexibility index (Phi) is 5.35. The van der Waals surface area contributed by atoms with Gasteiger partial charge in [0.25, 0.3) is 5.56 Å². The number of hydrogen-bond donors (Lipinski definition) is 1. The van der Waals surface area contributed by atoms with Crippen LogP contribution in [0, 0.1) is 0 Å². The lowest BCUT2D eigenvalue weighted by molar-refractivity contribution is 0.240. The van der Waals surface area contributed by atoms with E-state index in [1.54, 1.807) is 0 Å². The highest BCUT2D eigenvalue weighted by atomic mass is 16.2. The van der Waals surface area contributed by atoms with Gasteiger partial charge < -0.3 is 5.32 Å². The summed E-state index contributed by atoms with van der Waals surface area (Å²) in [6.45, 7) is 2.65. The van der Waals surface area contributed by atoms with E-state index in [0.29, 0.717) is 6.54 Å². The summed E-state index contributed by atoms with van der Waals surface area (Å²) < 4.78 is 1.80. The Hall–Kier alpha value is -1.85. The third-order valence-corrected chi connectivity index (χ3v) is 2.72. The van der Waals surface area contributed by atoms with Gasteiger partial charge in [-0.3, -0.25) is 9.36 Å². The van der Waals surface area contributed by atoms with Crippen molar-refractivity contribution in [2.24, 2.45) is 7.05 Å². The number of aromatic nitrogens is 2. The largest absolute Gasteiger partial charge is 0.338 e. The summed E-state index contributed by atoms with van der Waals surface area (Å²) in [4.78, 5) is 34.5. The van der Waals surface area contributed by atoms with Crippen LogP contribution in [0.25, 0.3) is 0 Å². The molecule has 1 rings (SSSR count). The van der Waals surface area contributed by atoms with Crippen LogP contribution in [0.3, 0.4) is 0 Å². The van der Waals surface area contributed by atoms with Crippen LogP contribution in [0.2, 0.25) is 0 Å². The Morgan fingerprint density at radius 1 is 1.28 bits per heavy atom. The predicted molar refractivity (Wildman–Crippen MR) is 68.9 cm³/mol. The molecule has 0 spiro atoms. The van der Waals surface area contributed by atoms with Crippen molar-refractivity contribution in [2.45, 2.75) is 32.6 Å². The minimum atomic E-state index is -0.631. The summed E-state index contributed by atoms with van der Waals surface area (Å²) in [5.74, 6) is 0. The fraction of sp³-hybridized carbons (Fsp3) is 0.583. The molecule has 0 unspecified atom stereocenters. The molecule has 0 aromatic carbocycles. The monoisotopic (exact) mass is 253 g/mol. The third kappa shape index (κ3) is 3.58. The van der Waals surface area contributed by atoms with Gasteiger partial charge >= 0.3 is 11.7 Å². The highest BCUT2D eigenvalue weighted by Crippen LogP contribution is 1.96. The molecule has 1 heterocycles. The van der Waals surface area contributed by atoms with E-state index < -0.39 is 17.3 Å². The lowest BCUT2D eigenvalue weighted by Gasteiger charge is -2.07. The highest BCUT2D eigenvalue weighted by molar-refractivity contribution is 5.76. The predicted octanol–water partition coefficient (Wildman–Crippen LogP) is 0.685. The Bertz CT molecular complexity index is 516. The molecule has 0 bridgehead atoms. The van der Waals surface area contributed by atoms with E-state index >= 15 is 0 Å². The van der Waals surface area contributed by atoms with Crippen LogP contribution in [0.4, 0.5) is 4.79 Å². The maximum atomic E-state index is 11.7. The lowest BCUT2D eigenvalue weighted by atomic mass is 10.2. The first kappa shape index (κ1) is 14.2. The minimum Gasteiger partial charge on any atom is -0.337 e. The lowest BCUT2D eigenvalue weighted by Crippen LogP contribution is -2.43. The second-order valence-corrected chi connectivity index (χ2v) is 4.16. The number of nitrogens with one attached hydrogen (secondary N) is 1. The highest BCUT2D eigenvalue weighted by Gasteiger charge is 2.08. The number of hydrogen-bond acceptors (Lipinski definition) is 3. The number of nitrogens with zero attached hydrogens (tertiary/aromatic N) is 2. The molecule has 6 nitrogen and oxygen atoms in total. The van der Waals surface area contributed by atoms with Gasteiger partial charge in [0.1, 0.15) is 0 Å². The average Bonchev–Trinajstić information content (AvgIpc) is 2.35. The molecule has 0 fully saturated rings. The zero-order valence-corrected chi connectivity index (χ0v) is 10.8.